The molecule has 88 valence electrons. The summed E-state index contributed by atoms with van der Waals surface area (Å²) in [6.07, 6.45) is 3.45. The van der Waals surface area contributed by atoms with Crippen molar-refractivity contribution in [1.29, 1.82) is 0 Å². The normalized spacial score (nSPS) is 19.7. The second-order valence-electron chi connectivity index (χ2n) is 4.51. The van der Waals surface area contributed by atoms with Crippen LogP contribution in [0.5, 0.6) is 5.75 Å². The van der Waals surface area contributed by atoms with Crippen molar-refractivity contribution in [2.75, 3.05) is 21.2 Å². The Bertz CT molecular complexity index is 390. The quantitative estimate of drug-likeness (QED) is 0.785. The van der Waals surface area contributed by atoms with E-state index in [1.165, 1.54) is 24.0 Å². The van der Waals surface area contributed by atoms with E-state index in [2.05, 4.69) is 19.0 Å². The highest BCUT2D eigenvalue weighted by Crippen LogP contribution is 2.41. The Kier molecular flexibility index (Phi) is 3.41. The van der Waals surface area contributed by atoms with E-state index in [1.807, 2.05) is 12.1 Å². The lowest BCUT2D eigenvalue weighted by Crippen LogP contribution is -2.24. The summed E-state index contributed by atoms with van der Waals surface area (Å²) >= 11 is 6.33. The first-order valence-electron chi connectivity index (χ1n) is 5.67. The zero-order valence-electron chi connectivity index (χ0n) is 10.1. The third-order valence-corrected chi connectivity index (χ3v) is 3.67. The van der Waals surface area contributed by atoms with E-state index in [0.29, 0.717) is 6.04 Å². The van der Waals surface area contributed by atoms with Crippen LogP contribution in [0.15, 0.2) is 12.1 Å². The average Bonchev–Trinajstić information content (AvgIpc) is 2.29. The Morgan fingerprint density at radius 2 is 2.12 bits per heavy atom. The van der Waals surface area contributed by atoms with E-state index in [4.69, 9.17) is 16.3 Å². The molecule has 0 heterocycles. The summed E-state index contributed by atoms with van der Waals surface area (Å²) in [6, 6.07) is 4.34. The van der Waals surface area contributed by atoms with Gasteiger partial charge in [-0.25, -0.2) is 0 Å². The molecule has 0 N–H and O–H groups in total. The number of hydrogen-bond donors (Lipinski definition) is 0. The van der Waals surface area contributed by atoms with Crippen LogP contribution in [-0.2, 0) is 6.42 Å². The molecule has 2 rings (SSSR count). The molecule has 3 heteroatoms. The third kappa shape index (κ3) is 1.92. The van der Waals surface area contributed by atoms with Crippen LogP contribution in [0.25, 0.3) is 0 Å². The predicted molar refractivity (Wildman–Crippen MR) is 67.4 cm³/mol. The first kappa shape index (κ1) is 11.7. The van der Waals surface area contributed by atoms with Crippen LogP contribution in [0, 0.1) is 0 Å². The lowest BCUT2D eigenvalue weighted by molar-refractivity contribution is 0.266. The molecule has 1 aliphatic rings. The van der Waals surface area contributed by atoms with Crippen molar-refractivity contribution in [3.63, 3.8) is 0 Å². The van der Waals surface area contributed by atoms with Gasteiger partial charge in [0.2, 0.25) is 0 Å². The molecule has 1 aliphatic carbocycles. The fourth-order valence-electron chi connectivity index (χ4n) is 2.56. The van der Waals surface area contributed by atoms with Crippen molar-refractivity contribution in [2.45, 2.75) is 25.3 Å². The fourth-order valence-corrected chi connectivity index (χ4v) is 2.86. The van der Waals surface area contributed by atoms with Gasteiger partial charge in [0.15, 0.2) is 0 Å². The summed E-state index contributed by atoms with van der Waals surface area (Å²) in [5.74, 6) is 0.978. The topological polar surface area (TPSA) is 12.5 Å². The van der Waals surface area contributed by atoms with Gasteiger partial charge in [-0.15, -0.1) is 0 Å². The smallest absolute Gasteiger partial charge is 0.122 e. The van der Waals surface area contributed by atoms with E-state index < -0.39 is 0 Å². The van der Waals surface area contributed by atoms with Gasteiger partial charge in [-0.2, -0.15) is 0 Å². The van der Waals surface area contributed by atoms with E-state index >= 15 is 0 Å². The van der Waals surface area contributed by atoms with Crippen molar-refractivity contribution in [1.82, 2.24) is 4.90 Å². The average molecular weight is 240 g/mol. The molecule has 1 aromatic carbocycles. The van der Waals surface area contributed by atoms with Crippen molar-refractivity contribution < 1.29 is 4.74 Å². The van der Waals surface area contributed by atoms with Crippen LogP contribution >= 0.6 is 11.6 Å². The number of nitrogens with zero attached hydrogens (tertiary/aromatic N) is 1. The Labute approximate surface area is 102 Å². The van der Waals surface area contributed by atoms with Crippen LogP contribution in [0.1, 0.15) is 30.0 Å². The van der Waals surface area contributed by atoms with Crippen LogP contribution in [0.4, 0.5) is 0 Å². The maximum atomic E-state index is 6.33. The monoisotopic (exact) mass is 239 g/mol. The maximum absolute atomic E-state index is 6.33. The molecular formula is C13H18ClNO. The number of hydrogen-bond acceptors (Lipinski definition) is 2. The largest absolute Gasteiger partial charge is 0.496 e. The minimum Gasteiger partial charge on any atom is -0.496 e. The molecule has 0 saturated heterocycles. The Morgan fingerprint density at radius 3 is 2.75 bits per heavy atom. The van der Waals surface area contributed by atoms with Crippen LogP contribution in [0.2, 0.25) is 5.02 Å². The molecule has 0 fully saturated rings. The van der Waals surface area contributed by atoms with Gasteiger partial charge in [0.25, 0.3) is 0 Å². The number of rotatable bonds is 2. The minimum absolute atomic E-state index is 0.423. The standard InChI is InChI=1S/C13H18ClNO/c1-15(2)11-6-4-5-9-12(16-3)8-7-10(14)13(9)11/h7-8,11H,4-6H2,1-3H3/t11-/m0/s1. The van der Waals surface area contributed by atoms with Crippen molar-refractivity contribution in [3.8, 4) is 5.75 Å². The van der Waals surface area contributed by atoms with E-state index in [1.54, 1.807) is 7.11 Å². The Balaban J connectivity index is 2.54. The van der Waals surface area contributed by atoms with Gasteiger partial charge in [0, 0.05) is 16.6 Å². The molecule has 0 amide bonds. The lowest BCUT2D eigenvalue weighted by atomic mass is 9.86. The molecule has 0 spiro atoms. The summed E-state index contributed by atoms with van der Waals surface area (Å²) in [5, 5.41) is 0.870. The second-order valence-corrected chi connectivity index (χ2v) is 4.92. The molecule has 2 nitrogen and oxygen atoms in total. The molecule has 0 aliphatic heterocycles. The summed E-state index contributed by atoms with van der Waals surface area (Å²) in [6.45, 7) is 0. The summed E-state index contributed by atoms with van der Waals surface area (Å²) in [4.78, 5) is 2.24. The van der Waals surface area contributed by atoms with Crippen LogP contribution in [0.3, 0.4) is 0 Å². The van der Waals surface area contributed by atoms with Crippen LogP contribution in [-0.4, -0.2) is 26.1 Å². The van der Waals surface area contributed by atoms with Crippen molar-refractivity contribution in [3.05, 3.63) is 28.3 Å². The first-order chi connectivity index (χ1) is 7.65. The van der Waals surface area contributed by atoms with Gasteiger partial charge < -0.3 is 9.64 Å². The molecule has 0 bridgehead atoms. The van der Waals surface area contributed by atoms with E-state index in [9.17, 15) is 0 Å². The highest BCUT2D eigenvalue weighted by molar-refractivity contribution is 6.31. The fraction of sp³-hybridized carbons (Fsp3) is 0.538. The van der Waals surface area contributed by atoms with Crippen molar-refractivity contribution in [2.24, 2.45) is 0 Å². The number of halogens is 1. The molecule has 0 aromatic heterocycles. The summed E-state index contributed by atoms with van der Waals surface area (Å²) < 4.78 is 5.42. The highest BCUT2D eigenvalue weighted by atomic mass is 35.5. The Morgan fingerprint density at radius 1 is 1.38 bits per heavy atom. The first-order valence-corrected chi connectivity index (χ1v) is 6.04. The van der Waals surface area contributed by atoms with Crippen LogP contribution < -0.4 is 4.74 Å². The summed E-state index contributed by atoms with van der Waals surface area (Å²) in [7, 11) is 5.94. The second kappa shape index (κ2) is 4.64. The molecule has 0 unspecified atom stereocenters. The van der Waals surface area contributed by atoms with E-state index in [0.717, 1.165) is 17.2 Å². The molecule has 1 atom stereocenters. The number of ether oxygens (including phenoxy) is 1. The minimum atomic E-state index is 0.423. The molecule has 0 saturated carbocycles. The van der Waals surface area contributed by atoms with Gasteiger partial charge in [-0.3, -0.25) is 0 Å². The SMILES string of the molecule is COc1ccc(Cl)c2c1CCC[C@@H]2N(C)C. The molecule has 16 heavy (non-hydrogen) atoms. The maximum Gasteiger partial charge on any atom is 0.122 e. The molecule has 0 radical (unpaired) electrons. The molecule has 1 aromatic rings. The predicted octanol–water partition coefficient (Wildman–Crippen LogP) is 3.29. The van der Waals surface area contributed by atoms with Gasteiger partial charge in [-0.1, -0.05) is 11.6 Å². The van der Waals surface area contributed by atoms with Gasteiger partial charge in [0.1, 0.15) is 5.75 Å². The molecular weight excluding hydrogens is 222 g/mol. The lowest BCUT2D eigenvalue weighted by Gasteiger charge is -2.32. The third-order valence-electron chi connectivity index (χ3n) is 3.34. The van der Waals surface area contributed by atoms with Gasteiger partial charge >= 0.3 is 0 Å². The van der Waals surface area contributed by atoms with E-state index in [-0.39, 0.29) is 0 Å². The number of methoxy groups -OCH3 is 1. The highest BCUT2D eigenvalue weighted by Gasteiger charge is 2.26. The Hall–Kier alpha value is -0.730. The zero-order chi connectivity index (χ0) is 11.7. The summed E-state index contributed by atoms with van der Waals surface area (Å²) in [5.41, 5.74) is 2.55. The van der Waals surface area contributed by atoms with Crippen molar-refractivity contribution >= 4 is 11.6 Å². The number of benzene rings is 1. The van der Waals surface area contributed by atoms with Gasteiger partial charge in [-0.05, 0) is 51.1 Å². The van der Waals surface area contributed by atoms with Gasteiger partial charge in [0.05, 0.1) is 7.11 Å². The number of fused-ring (bicyclic) bond motifs is 1. The zero-order valence-corrected chi connectivity index (χ0v) is 10.8.